The van der Waals surface area contributed by atoms with E-state index in [0.717, 1.165) is 29.8 Å². The number of aromatic nitrogens is 2. The Morgan fingerprint density at radius 2 is 2.12 bits per heavy atom. The molecule has 1 unspecified atom stereocenters. The minimum atomic E-state index is -2.51. The maximum absolute atomic E-state index is 12.3. The quantitative estimate of drug-likeness (QED) is 0.910. The van der Waals surface area contributed by atoms with Crippen molar-refractivity contribution in [2.24, 2.45) is 0 Å². The molecule has 1 aliphatic rings. The second kappa shape index (κ2) is 6.68. The molecule has 0 aromatic carbocycles. The first-order valence-electron chi connectivity index (χ1n) is 7.79. The fraction of sp³-hybridized carbons (Fsp3) is 0.412. The van der Waals surface area contributed by atoms with Crippen molar-refractivity contribution in [2.45, 2.75) is 39.4 Å². The number of nitrogen functional groups attached to an aromatic ring is 1. The van der Waals surface area contributed by atoms with Crippen LogP contribution < -0.4 is 10.5 Å². The van der Waals surface area contributed by atoms with Crippen molar-refractivity contribution in [3.63, 3.8) is 0 Å². The standard InChI is InChI=1S/C17H20F2N4O/c1-10-5-13(6-22-17(10)24-9-15(18)19)11(2)23-7-12-3-4-21-16(20)14(12)8-23/h3-6,11,15H,7-9H2,1-2H3,(H2,20,21). The van der Waals surface area contributed by atoms with Gasteiger partial charge in [0, 0.05) is 42.7 Å². The van der Waals surface area contributed by atoms with Crippen molar-refractivity contribution in [1.82, 2.24) is 14.9 Å². The molecule has 1 atom stereocenters. The van der Waals surface area contributed by atoms with Gasteiger partial charge in [-0.05, 0) is 37.1 Å². The van der Waals surface area contributed by atoms with Gasteiger partial charge in [0.25, 0.3) is 6.43 Å². The summed E-state index contributed by atoms with van der Waals surface area (Å²) in [6.45, 7) is 4.79. The monoisotopic (exact) mass is 334 g/mol. The molecule has 0 spiro atoms. The van der Waals surface area contributed by atoms with Crippen LogP contribution >= 0.6 is 0 Å². The lowest BCUT2D eigenvalue weighted by Gasteiger charge is -2.24. The van der Waals surface area contributed by atoms with Gasteiger partial charge in [-0.15, -0.1) is 0 Å². The molecule has 2 aromatic heterocycles. The van der Waals surface area contributed by atoms with E-state index in [2.05, 4.69) is 21.8 Å². The number of hydrogen-bond donors (Lipinski definition) is 1. The molecule has 2 aromatic rings. The highest BCUT2D eigenvalue weighted by molar-refractivity contribution is 5.46. The average molecular weight is 334 g/mol. The molecule has 0 saturated heterocycles. The second-order valence-electron chi connectivity index (χ2n) is 6.01. The van der Waals surface area contributed by atoms with Gasteiger partial charge < -0.3 is 10.5 Å². The van der Waals surface area contributed by atoms with Crippen molar-refractivity contribution in [3.8, 4) is 5.88 Å². The summed E-state index contributed by atoms with van der Waals surface area (Å²) >= 11 is 0. The number of halogens is 2. The van der Waals surface area contributed by atoms with Crippen LogP contribution in [0.2, 0.25) is 0 Å². The van der Waals surface area contributed by atoms with Gasteiger partial charge in [0.15, 0.2) is 6.61 Å². The van der Waals surface area contributed by atoms with Crippen LogP contribution in [0.25, 0.3) is 0 Å². The maximum atomic E-state index is 12.3. The highest BCUT2D eigenvalue weighted by Crippen LogP contribution is 2.33. The largest absolute Gasteiger partial charge is 0.471 e. The van der Waals surface area contributed by atoms with E-state index in [1.165, 1.54) is 5.56 Å². The van der Waals surface area contributed by atoms with Gasteiger partial charge in [-0.2, -0.15) is 0 Å². The number of nitrogens with zero attached hydrogens (tertiary/aromatic N) is 3. The van der Waals surface area contributed by atoms with Gasteiger partial charge in [-0.25, -0.2) is 18.7 Å². The maximum Gasteiger partial charge on any atom is 0.272 e. The Balaban J connectivity index is 1.73. The number of fused-ring (bicyclic) bond motifs is 1. The lowest BCUT2D eigenvalue weighted by molar-refractivity contribution is 0.0791. The fourth-order valence-corrected chi connectivity index (χ4v) is 2.95. The molecule has 0 saturated carbocycles. The van der Waals surface area contributed by atoms with Crippen molar-refractivity contribution in [2.75, 3.05) is 12.3 Å². The van der Waals surface area contributed by atoms with Gasteiger partial charge in [0.2, 0.25) is 5.88 Å². The summed E-state index contributed by atoms with van der Waals surface area (Å²) in [4.78, 5) is 10.6. The number of anilines is 1. The van der Waals surface area contributed by atoms with E-state index in [-0.39, 0.29) is 11.9 Å². The molecule has 2 N–H and O–H groups in total. The number of hydrogen-bond acceptors (Lipinski definition) is 5. The average Bonchev–Trinajstić information content (AvgIpc) is 2.98. The van der Waals surface area contributed by atoms with Crippen molar-refractivity contribution >= 4 is 5.82 Å². The van der Waals surface area contributed by atoms with Crippen LogP contribution in [0.1, 0.15) is 35.2 Å². The predicted molar refractivity (Wildman–Crippen MR) is 86.8 cm³/mol. The zero-order chi connectivity index (χ0) is 17.3. The van der Waals surface area contributed by atoms with E-state index >= 15 is 0 Å². The summed E-state index contributed by atoms with van der Waals surface area (Å²) in [6, 6.07) is 4.04. The SMILES string of the molecule is Cc1cc(C(C)N2Cc3ccnc(N)c3C2)cnc1OCC(F)F. The molecule has 0 amide bonds. The van der Waals surface area contributed by atoms with Crippen LogP contribution in [0.3, 0.4) is 0 Å². The van der Waals surface area contributed by atoms with E-state index in [1.54, 1.807) is 12.4 Å². The number of pyridine rings is 2. The Hall–Kier alpha value is -2.28. The van der Waals surface area contributed by atoms with E-state index in [4.69, 9.17) is 10.5 Å². The summed E-state index contributed by atoms with van der Waals surface area (Å²) in [7, 11) is 0. The summed E-state index contributed by atoms with van der Waals surface area (Å²) < 4.78 is 29.5. The molecule has 1 aliphatic heterocycles. The van der Waals surface area contributed by atoms with Gasteiger partial charge >= 0.3 is 0 Å². The molecule has 0 fully saturated rings. The van der Waals surface area contributed by atoms with Crippen LogP contribution in [-0.2, 0) is 13.1 Å². The molecule has 3 heterocycles. The number of nitrogens with two attached hydrogens (primary N) is 1. The lowest BCUT2D eigenvalue weighted by atomic mass is 10.1. The first-order chi connectivity index (χ1) is 11.5. The Morgan fingerprint density at radius 3 is 2.79 bits per heavy atom. The van der Waals surface area contributed by atoms with Gasteiger partial charge in [0.1, 0.15) is 5.82 Å². The van der Waals surface area contributed by atoms with Crippen LogP contribution in [-0.4, -0.2) is 27.9 Å². The lowest BCUT2D eigenvalue weighted by Crippen LogP contribution is -2.21. The summed E-state index contributed by atoms with van der Waals surface area (Å²) in [5.74, 6) is 0.830. The van der Waals surface area contributed by atoms with E-state index in [9.17, 15) is 8.78 Å². The van der Waals surface area contributed by atoms with Gasteiger partial charge in [-0.1, -0.05) is 0 Å². The minimum absolute atomic E-state index is 0.118. The topological polar surface area (TPSA) is 64.3 Å². The molecule has 0 aliphatic carbocycles. The minimum Gasteiger partial charge on any atom is -0.471 e. The molecule has 5 nitrogen and oxygen atoms in total. The highest BCUT2D eigenvalue weighted by atomic mass is 19.3. The first kappa shape index (κ1) is 16.6. The molecular weight excluding hydrogens is 314 g/mol. The third kappa shape index (κ3) is 3.31. The van der Waals surface area contributed by atoms with Crippen LogP contribution in [0.15, 0.2) is 24.5 Å². The predicted octanol–water partition coefficient (Wildman–Crippen LogP) is 3.09. The normalized spacial score (nSPS) is 15.5. The molecule has 128 valence electrons. The third-order valence-electron chi connectivity index (χ3n) is 4.35. The Bertz CT molecular complexity index is 739. The second-order valence-corrected chi connectivity index (χ2v) is 6.01. The summed E-state index contributed by atoms with van der Waals surface area (Å²) in [6.07, 6.45) is 0.902. The van der Waals surface area contributed by atoms with Crippen molar-refractivity contribution in [1.29, 1.82) is 0 Å². The zero-order valence-electron chi connectivity index (χ0n) is 13.7. The smallest absolute Gasteiger partial charge is 0.272 e. The fourth-order valence-electron chi connectivity index (χ4n) is 2.95. The summed E-state index contributed by atoms with van der Waals surface area (Å²) in [5.41, 5.74) is 9.97. The third-order valence-corrected chi connectivity index (χ3v) is 4.35. The van der Waals surface area contributed by atoms with E-state index < -0.39 is 13.0 Å². The van der Waals surface area contributed by atoms with Gasteiger partial charge in [-0.3, -0.25) is 4.90 Å². The van der Waals surface area contributed by atoms with Crippen molar-refractivity contribution in [3.05, 3.63) is 46.8 Å². The van der Waals surface area contributed by atoms with Crippen LogP contribution in [0.4, 0.5) is 14.6 Å². The molecule has 0 bridgehead atoms. The number of alkyl halides is 2. The van der Waals surface area contributed by atoms with Crippen LogP contribution in [0.5, 0.6) is 5.88 Å². The van der Waals surface area contributed by atoms with E-state index in [1.807, 2.05) is 19.1 Å². The Kier molecular flexibility index (Phi) is 4.62. The molecular formula is C17H20F2N4O. The molecule has 7 heteroatoms. The Morgan fingerprint density at radius 1 is 1.33 bits per heavy atom. The zero-order valence-corrected chi connectivity index (χ0v) is 13.7. The van der Waals surface area contributed by atoms with E-state index in [0.29, 0.717) is 5.82 Å². The van der Waals surface area contributed by atoms with Crippen molar-refractivity contribution < 1.29 is 13.5 Å². The number of ether oxygens (including phenoxy) is 1. The molecule has 3 rings (SSSR count). The number of aryl methyl sites for hydroxylation is 1. The Labute approximate surface area is 139 Å². The highest BCUT2D eigenvalue weighted by Gasteiger charge is 2.26. The summed E-state index contributed by atoms with van der Waals surface area (Å²) in [5, 5.41) is 0. The number of rotatable bonds is 5. The van der Waals surface area contributed by atoms with Crippen LogP contribution in [0, 0.1) is 6.92 Å². The van der Waals surface area contributed by atoms with Gasteiger partial charge in [0.05, 0.1) is 0 Å². The molecule has 0 radical (unpaired) electrons. The molecule has 24 heavy (non-hydrogen) atoms. The first-order valence-corrected chi connectivity index (χ1v) is 7.79.